The topological polar surface area (TPSA) is 116 Å². The molecule has 1 aliphatic rings. The Bertz CT molecular complexity index is 793. The van der Waals surface area contributed by atoms with Crippen molar-refractivity contribution in [3.8, 4) is 0 Å². The van der Waals surface area contributed by atoms with Crippen LogP contribution in [-0.2, 0) is 19.8 Å². The number of hydrogen-bond donors (Lipinski definition) is 3. The molecule has 1 atom stereocenters. The number of amides is 4. The van der Waals surface area contributed by atoms with Gasteiger partial charge in [-0.25, -0.2) is 4.79 Å². The molecule has 0 aliphatic carbocycles. The van der Waals surface area contributed by atoms with Gasteiger partial charge in [-0.1, -0.05) is 45.0 Å². The van der Waals surface area contributed by atoms with Crippen molar-refractivity contribution < 1.29 is 24.3 Å². The summed E-state index contributed by atoms with van der Waals surface area (Å²) in [4.78, 5) is 48.6. The molecule has 0 spiro atoms. The Morgan fingerprint density at radius 3 is 2.18 bits per heavy atom. The van der Waals surface area contributed by atoms with Crippen LogP contribution in [0, 0.1) is 0 Å². The van der Waals surface area contributed by atoms with E-state index in [0.29, 0.717) is 5.56 Å². The Balaban J connectivity index is 2.16. The smallest absolute Gasteiger partial charge is 0.325 e. The number of aliphatic carboxylic acids is 1. The van der Waals surface area contributed by atoms with E-state index in [1.807, 2.05) is 12.1 Å². The SMILES string of the molecule is CC(C)(C)c1ccc([C@H](CC(=O)O)NC(=O)CN2C(=O)NC(=O)C2(C)C)cc1. The van der Waals surface area contributed by atoms with E-state index < -0.39 is 35.4 Å². The highest BCUT2D eigenvalue weighted by atomic mass is 16.4. The van der Waals surface area contributed by atoms with Crippen LogP contribution in [-0.4, -0.2) is 45.9 Å². The third-order valence-corrected chi connectivity index (χ3v) is 4.89. The second-order valence-electron chi connectivity index (χ2n) is 8.49. The van der Waals surface area contributed by atoms with Crippen molar-refractivity contribution in [2.24, 2.45) is 0 Å². The van der Waals surface area contributed by atoms with Crippen LogP contribution in [0.3, 0.4) is 0 Å². The molecule has 152 valence electrons. The Morgan fingerprint density at radius 1 is 1.18 bits per heavy atom. The fraction of sp³-hybridized carbons (Fsp3) is 0.500. The first-order valence-electron chi connectivity index (χ1n) is 9.07. The molecular weight excluding hydrogens is 362 g/mol. The zero-order valence-electron chi connectivity index (χ0n) is 16.8. The predicted octanol–water partition coefficient (Wildman–Crippen LogP) is 1.95. The Kier molecular flexibility index (Phi) is 5.82. The molecule has 4 amide bonds. The molecule has 1 fully saturated rings. The fourth-order valence-corrected chi connectivity index (χ4v) is 2.99. The molecule has 0 radical (unpaired) electrons. The van der Waals surface area contributed by atoms with Gasteiger partial charge in [0, 0.05) is 0 Å². The molecule has 0 bridgehead atoms. The monoisotopic (exact) mass is 389 g/mol. The normalized spacial score (nSPS) is 17.2. The molecule has 1 aromatic rings. The number of benzene rings is 1. The zero-order chi connectivity index (χ0) is 21.3. The number of carboxylic acid groups (broad SMARTS) is 1. The van der Waals surface area contributed by atoms with Crippen LogP contribution in [0.15, 0.2) is 24.3 Å². The summed E-state index contributed by atoms with van der Waals surface area (Å²) < 4.78 is 0. The lowest BCUT2D eigenvalue weighted by Gasteiger charge is -2.28. The molecule has 1 saturated heterocycles. The zero-order valence-corrected chi connectivity index (χ0v) is 16.8. The molecule has 1 heterocycles. The maximum Gasteiger partial charge on any atom is 0.325 e. The number of carboxylic acids is 1. The third-order valence-electron chi connectivity index (χ3n) is 4.89. The first-order valence-corrected chi connectivity index (χ1v) is 9.07. The first kappa shape index (κ1) is 21.4. The van der Waals surface area contributed by atoms with Gasteiger partial charge in [-0.3, -0.25) is 19.7 Å². The van der Waals surface area contributed by atoms with E-state index >= 15 is 0 Å². The highest BCUT2D eigenvalue weighted by Crippen LogP contribution is 2.25. The number of nitrogens with one attached hydrogen (secondary N) is 2. The number of imide groups is 1. The van der Waals surface area contributed by atoms with Crippen molar-refractivity contribution in [2.75, 3.05) is 6.54 Å². The van der Waals surface area contributed by atoms with Gasteiger partial charge in [0.1, 0.15) is 12.1 Å². The van der Waals surface area contributed by atoms with E-state index in [-0.39, 0.29) is 18.4 Å². The van der Waals surface area contributed by atoms with Crippen LogP contribution < -0.4 is 10.6 Å². The summed E-state index contributed by atoms with van der Waals surface area (Å²) in [5.74, 6) is -2.08. The lowest BCUT2D eigenvalue weighted by atomic mass is 9.86. The summed E-state index contributed by atoms with van der Waals surface area (Å²) in [6, 6.07) is 6.02. The average molecular weight is 389 g/mol. The predicted molar refractivity (Wildman–Crippen MR) is 103 cm³/mol. The number of hydrogen-bond acceptors (Lipinski definition) is 4. The summed E-state index contributed by atoms with van der Waals surface area (Å²) in [6.45, 7) is 8.95. The van der Waals surface area contributed by atoms with Gasteiger partial charge in [0.2, 0.25) is 5.91 Å². The second kappa shape index (κ2) is 7.61. The van der Waals surface area contributed by atoms with Crippen molar-refractivity contribution in [3.63, 3.8) is 0 Å². The van der Waals surface area contributed by atoms with Crippen molar-refractivity contribution in [1.82, 2.24) is 15.5 Å². The third kappa shape index (κ3) is 4.68. The van der Waals surface area contributed by atoms with E-state index in [9.17, 15) is 24.3 Å². The van der Waals surface area contributed by atoms with E-state index in [0.717, 1.165) is 10.5 Å². The minimum atomic E-state index is -1.15. The number of urea groups is 1. The van der Waals surface area contributed by atoms with Crippen LogP contribution in [0.5, 0.6) is 0 Å². The van der Waals surface area contributed by atoms with Gasteiger partial charge in [0.05, 0.1) is 12.5 Å². The fourth-order valence-electron chi connectivity index (χ4n) is 2.99. The van der Waals surface area contributed by atoms with E-state index in [2.05, 4.69) is 31.4 Å². The Labute approximate surface area is 164 Å². The standard InChI is InChI=1S/C20H27N3O5/c1-19(2,3)13-8-6-12(7-9-13)14(10-16(25)26)21-15(24)11-23-18(28)22-17(27)20(23,4)5/h6-9,14H,10-11H2,1-5H3,(H,21,24)(H,25,26)(H,22,27,28)/t14-/m0/s1. The van der Waals surface area contributed by atoms with Crippen molar-refractivity contribution in [1.29, 1.82) is 0 Å². The summed E-state index contributed by atoms with van der Waals surface area (Å²) >= 11 is 0. The first-order chi connectivity index (χ1) is 12.8. The summed E-state index contributed by atoms with van der Waals surface area (Å²) in [6.07, 6.45) is -0.297. The lowest BCUT2D eigenvalue weighted by Crippen LogP contribution is -2.49. The molecule has 0 saturated carbocycles. The minimum Gasteiger partial charge on any atom is -0.481 e. The molecule has 1 aliphatic heterocycles. The quantitative estimate of drug-likeness (QED) is 0.643. The van der Waals surface area contributed by atoms with Crippen LogP contribution in [0.1, 0.15) is 58.2 Å². The largest absolute Gasteiger partial charge is 0.481 e. The van der Waals surface area contributed by atoms with Crippen molar-refractivity contribution >= 4 is 23.8 Å². The summed E-state index contributed by atoms with van der Waals surface area (Å²) in [5, 5.41) is 14.1. The van der Waals surface area contributed by atoms with Gasteiger partial charge in [-0.05, 0) is 30.4 Å². The van der Waals surface area contributed by atoms with E-state index in [4.69, 9.17) is 0 Å². The van der Waals surface area contributed by atoms with Gasteiger partial charge >= 0.3 is 12.0 Å². The van der Waals surface area contributed by atoms with Crippen LogP contribution in [0.2, 0.25) is 0 Å². The van der Waals surface area contributed by atoms with E-state index in [1.165, 1.54) is 0 Å². The summed E-state index contributed by atoms with van der Waals surface area (Å²) in [5.41, 5.74) is 0.548. The average Bonchev–Trinajstić information content (AvgIpc) is 2.75. The molecule has 28 heavy (non-hydrogen) atoms. The minimum absolute atomic E-state index is 0.0503. The van der Waals surface area contributed by atoms with Gasteiger partial charge < -0.3 is 15.3 Å². The molecule has 8 nitrogen and oxygen atoms in total. The van der Waals surface area contributed by atoms with Gasteiger partial charge in [0.15, 0.2) is 0 Å². The number of carbonyl (C=O) groups excluding carboxylic acids is 3. The Morgan fingerprint density at radius 2 is 1.75 bits per heavy atom. The maximum absolute atomic E-state index is 12.5. The Hall–Kier alpha value is -2.90. The highest BCUT2D eigenvalue weighted by molar-refractivity contribution is 6.07. The van der Waals surface area contributed by atoms with Crippen molar-refractivity contribution in [2.45, 2.75) is 58.0 Å². The number of rotatable bonds is 6. The van der Waals surface area contributed by atoms with Gasteiger partial charge in [-0.2, -0.15) is 0 Å². The van der Waals surface area contributed by atoms with Crippen LogP contribution in [0.4, 0.5) is 4.79 Å². The van der Waals surface area contributed by atoms with Gasteiger partial charge in [-0.15, -0.1) is 0 Å². The highest BCUT2D eigenvalue weighted by Gasteiger charge is 2.46. The molecule has 1 aromatic carbocycles. The van der Waals surface area contributed by atoms with Crippen molar-refractivity contribution in [3.05, 3.63) is 35.4 Å². The number of nitrogens with zero attached hydrogens (tertiary/aromatic N) is 1. The maximum atomic E-state index is 12.5. The van der Waals surface area contributed by atoms with Crippen LogP contribution >= 0.6 is 0 Å². The van der Waals surface area contributed by atoms with E-state index in [1.54, 1.807) is 26.0 Å². The molecule has 0 aromatic heterocycles. The summed E-state index contributed by atoms with van der Waals surface area (Å²) in [7, 11) is 0. The number of carbonyl (C=O) groups is 4. The molecular formula is C20H27N3O5. The second-order valence-corrected chi connectivity index (χ2v) is 8.49. The molecule has 8 heteroatoms. The van der Waals surface area contributed by atoms with Crippen LogP contribution in [0.25, 0.3) is 0 Å². The van der Waals surface area contributed by atoms with Gasteiger partial charge in [0.25, 0.3) is 5.91 Å². The molecule has 0 unspecified atom stereocenters. The lowest BCUT2D eigenvalue weighted by molar-refractivity contribution is -0.137. The molecule has 2 rings (SSSR count). The molecule has 3 N–H and O–H groups in total.